The normalized spacial score (nSPS) is 11.4. The molecule has 0 aliphatic carbocycles. The Hall–Kier alpha value is -2.54. The van der Waals surface area contributed by atoms with Crippen molar-refractivity contribution in [2.45, 2.75) is 4.90 Å². The summed E-state index contributed by atoms with van der Waals surface area (Å²) in [5, 5.41) is 3.77. The van der Waals surface area contributed by atoms with Gasteiger partial charge < -0.3 is 9.47 Å². The first-order chi connectivity index (χ1) is 10.6. The third-order valence-corrected chi connectivity index (χ3v) is 4.11. The van der Waals surface area contributed by atoms with Crippen molar-refractivity contribution >= 4 is 16.2 Å². The summed E-state index contributed by atoms with van der Waals surface area (Å²) in [6, 6.07) is 13.2. The second-order valence-corrected chi connectivity index (χ2v) is 5.93. The third-order valence-electron chi connectivity index (χ3n) is 2.87. The van der Waals surface area contributed by atoms with Crippen LogP contribution in [0.25, 0.3) is 0 Å². The molecule has 0 aromatic heterocycles. The molecule has 7 heteroatoms. The van der Waals surface area contributed by atoms with Crippen LogP contribution in [0.4, 0.5) is 0 Å². The lowest BCUT2D eigenvalue weighted by molar-refractivity contribution is 0.394. The molecule has 2 aromatic carbocycles. The predicted molar refractivity (Wildman–Crippen MR) is 83.9 cm³/mol. The Labute approximate surface area is 129 Å². The predicted octanol–water partition coefficient (Wildman–Crippen LogP) is 2.02. The zero-order valence-corrected chi connectivity index (χ0v) is 13.0. The van der Waals surface area contributed by atoms with Crippen LogP contribution in [-0.4, -0.2) is 28.9 Å². The van der Waals surface area contributed by atoms with E-state index in [9.17, 15) is 8.42 Å². The van der Waals surface area contributed by atoms with Crippen molar-refractivity contribution in [1.82, 2.24) is 4.83 Å². The molecule has 6 nitrogen and oxygen atoms in total. The lowest BCUT2D eigenvalue weighted by Crippen LogP contribution is -2.18. The summed E-state index contributed by atoms with van der Waals surface area (Å²) in [6.07, 6.45) is 1.37. The summed E-state index contributed by atoms with van der Waals surface area (Å²) in [4.78, 5) is 2.31. The quantitative estimate of drug-likeness (QED) is 0.652. The number of ether oxygens (including phenoxy) is 2. The fraction of sp³-hybridized carbons (Fsp3) is 0.133. The van der Waals surface area contributed by atoms with Crippen LogP contribution >= 0.6 is 0 Å². The molecule has 0 amide bonds. The lowest BCUT2D eigenvalue weighted by Gasteiger charge is -2.07. The average molecular weight is 320 g/mol. The molecule has 0 saturated carbocycles. The fourth-order valence-corrected chi connectivity index (χ4v) is 2.56. The van der Waals surface area contributed by atoms with Gasteiger partial charge in [-0.05, 0) is 24.3 Å². The number of hydrazone groups is 1. The first kappa shape index (κ1) is 15.8. The number of benzene rings is 2. The van der Waals surface area contributed by atoms with Gasteiger partial charge in [0.1, 0.15) is 11.5 Å². The van der Waals surface area contributed by atoms with E-state index in [1.807, 2.05) is 0 Å². The molecule has 0 heterocycles. The maximum Gasteiger partial charge on any atom is 0.276 e. The van der Waals surface area contributed by atoms with E-state index in [4.69, 9.17) is 9.47 Å². The van der Waals surface area contributed by atoms with Crippen LogP contribution in [0.15, 0.2) is 58.5 Å². The van der Waals surface area contributed by atoms with E-state index in [1.54, 1.807) is 43.5 Å². The van der Waals surface area contributed by atoms with Gasteiger partial charge in [0.15, 0.2) is 0 Å². The standard InChI is InChI=1S/C15H16N2O4S/c1-20-13-9-8-12(15(10-13)21-2)11-16-17-22(18,19)14-6-4-3-5-7-14/h3-11,17H,1-2H3. The summed E-state index contributed by atoms with van der Waals surface area (Å²) < 4.78 is 34.3. The zero-order valence-electron chi connectivity index (χ0n) is 12.2. The van der Waals surface area contributed by atoms with Crippen LogP contribution in [-0.2, 0) is 10.0 Å². The Kier molecular flexibility index (Phi) is 5.00. The van der Waals surface area contributed by atoms with Crippen molar-refractivity contribution in [1.29, 1.82) is 0 Å². The molecule has 0 aliphatic rings. The van der Waals surface area contributed by atoms with Crippen molar-refractivity contribution in [2.24, 2.45) is 5.10 Å². The van der Waals surface area contributed by atoms with E-state index in [0.717, 1.165) is 0 Å². The summed E-state index contributed by atoms with van der Waals surface area (Å²) in [5.74, 6) is 1.17. The van der Waals surface area contributed by atoms with Crippen molar-refractivity contribution in [3.63, 3.8) is 0 Å². The molecule has 2 rings (SSSR count). The number of sulfonamides is 1. The number of rotatable bonds is 6. The summed E-state index contributed by atoms with van der Waals surface area (Å²) in [6.45, 7) is 0. The van der Waals surface area contributed by atoms with Crippen LogP contribution < -0.4 is 14.3 Å². The Balaban J connectivity index is 2.16. The Bertz CT molecular complexity index is 758. The van der Waals surface area contributed by atoms with E-state index in [0.29, 0.717) is 17.1 Å². The largest absolute Gasteiger partial charge is 0.497 e. The minimum atomic E-state index is -3.68. The summed E-state index contributed by atoms with van der Waals surface area (Å²) in [5.41, 5.74) is 0.624. The van der Waals surface area contributed by atoms with Crippen molar-refractivity contribution in [3.8, 4) is 11.5 Å². The van der Waals surface area contributed by atoms with E-state index in [1.165, 1.54) is 25.5 Å². The SMILES string of the molecule is COc1ccc(C=NNS(=O)(=O)c2ccccc2)c(OC)c1. The highest BCUT2D eigenvalue weighted by atomic mass is 32.2. The van der Waals surface area contributed by atoms with Crippen LogP contribution in [0.2, 0.25) is 0 Å². The van der Waals surface area contributed by atoms with Gasteiger partial charge in [0.25, 0.3) is 10.0 Å². The molecule has 0 bridgehead atoms. The molecule has 22 heavy (non-hydrogen) atoms. The number of methoxy groups -OCH3 is 2. The molecule has 0 atom stereocenters. The number of hydrogen-bond acceptors (Lipinski definition) is 5. The minimum absolute atomic E-state index is 0.147. The van der Waals surface area contributed by atoms with Crippen molar-refractivity contribution in [2.75, 3.05) is 14.2 Å². The Morgan fingerprint density at radius 2 is 1.77 bits per heavy atom. The van der Waals surface area contributed by atoms with Crippen LogP contribution in [0.3, 0.4) is 0 Å². The highest BCUT2D eigenvalue weighted by Crippen LogP contribution is 2.23. The first-order valence-corrected chi connectivity index (χ1v) is 7.87. The van der Waals surface area contributed by atoms with Gasteiger partial charge in [0.05, 0.1) is 25.3 Å². The fourth-order valence-electron chi connectivity index (χ4n) is 1.74. The minimum Gasteiger partial charge on any atom is -0.497 e. The molecular formula is C15H16N2O4S. The van der Waals surface area contributed by atoms with Gasteiger partial charge in [-0.2, -0.15) is 13.5 Å². The maximum absolute atomic E-state index is 12.0. The maximum atomic E-state index is 12.0. The highest BCUT2D eigenvalue weighted by molar-refractivity contribution is 7.89. The van der Waals surface area contributed by atoms with Gasteiger partial charge in [-0.3, -0.25) is 0 Å². The molecule has 116 valence electrons. The molecule has 0 spiro atoms. The van der Waals surface area contributed by atoms with E-state index in [-0.39, 0.29) is 4.90 Å². The van der Waals surface area contributed by atoms with E-state index >= 15 is 0 Å². The number of hydrogen-bond donors (Lipinski definition) is 1. The second-order valence-electron chi connectivity index (χ2n) is 4.27. The van der Waals surface area contributed by atoms with E-state index in [2.05, 4.69) is 9.93 Å². The van der Waals surface area contributed by atoms with Crippen LogP contribution in [0.5, 0.6) is 11.5 Å². The van der Waals surface area contributed by atoms with Crippen LogP contribution in [0.1, 0.15) is 5.56 Å². The molecule has 0 fully saturated rings. The van der Waals surface area contributed by atoms with Crippen molar-refractivity contribution < 1.29 is 17.9 Å². The second kappa shape index (κ2) is 6.95. The van der Waals surface area contributed by atoms with Gasteiger partial charge in [-0.15, -0.1) is 0 Å². The monoisotopic (exact) mass is 320 g/mol. The van der Waals surface area contributed by atoms with Gasteiger partial charge in [0.2, 0.25) is 0 Å². The number of nitrogens with one attached hydrogen (secondary N) is 1. The van der Waals surface area contributed by atoms with Gasteiger partial charge in [0, 0.05) is 11.6 Å². The highest BCUT2D eigenvalue weighted by Gasteiger charge is 2.11. The molecule has 0 unspecified atom stereocenters. The van der Waals surface area contributed by atoms with Gasteiger partial charge >= 0.3 is 0 Å². The summed E-state index contributed by atoms with van der Waals surface area (Å²) in [7, 11) is -0.610. The average Bonchev–Trinajstić information content (AvgIpc) is 2.55. The molecule has 0 aliphatic heterocycles. The van der Waals surface area contributed by atoms with Crippen LogP contribution in [0, 0.1) is 0 Å². The molecular weight excluding hydrogens is 304 g/mol. The van der Waals surface area contributed by atoms with Crippen molar-refractivity contribution in [3.05, 3.63) is 54.1 Å². The first-order valence-electron chi connectivity index (χ1n) is 6.39. The molecule has 2 aromatic rings. The molecule has 0 radical (unpaired) electrons. The number of nitrogens with zero attached hydrogens (tertiary/aromatic N) is 1. The zero-order chi connectivity index (χ0) is 16.0. The smallest absolute Gasteiger partial charge is 0.276 e. The van der Waals surface area contributed by atoms with Gasteiger partial charge in [-0.25, -0.2) is 4.83 Å². The lowest BCUT2D eigenvalue weighted by atomic mass is 10.2. The third kappa shape index (κ3) is 3.76. The molecule has 0 saturated heterocycles. The molecule has 1 N–H and O–H groups in total. The topological polar surface area (TPSA) is 77.0 Å². The summed E-state index contributed by atoms with van der Waals surface area (Å²) >= 11 is 0. The Morgan fingerprint density at radius 3 is 2.41 bits per heavy atom. The van der Waals surface area contributed by atoms with E-state index < -0.39 is 10.0 Å². The Morgan fingerprint density at radius 1 is 1.05 bits per heavy atom. The van der Waals surface area contributed by atoms with Gasteiger partial charge in [-0.1, -0.05) is 18.2 Å².